The molecule has 5 nitrogen and oxygen atoms in total. The average molecular weight is 421 g/mol. The number of hydrogen-bond acceptors (Lipinski definition) is 3. The molecule has 2 N–H and O–H groups in total. The number of aromatic amines is 1. The lowest BCUT2D eigenvalue weighted by molar-refractivity contribution is 0.490. The second-order valence-electron chi connectivity index (χ2n) is 8.80. The molecule has 32 heavy (non-hydrogen) atoms. The Labute approximate surface area is 185 Å². The summed E-state index contributed by atoms with van der Waals surface area (Å²) in [6, 6.07) is 24.8. The molecule has 0 bridgehead atoms. The summed E-state index contributed by atoms with van der Waals surface area (Å²) in [7, 11) is 0. The van der Waals surface area contributed by atoms with Gasteiger partial charge in [0.15, 0.2) is 0 Å². The Hall–Kier alpha value is -3.86. The minimum Gasteiger partial charge on any atom is -0.373 e. The van der Waals surface area contributed by atoms with Crippen LogP contribution in [0.4, 0.5) is 5.69 Å². The highest BCUT2D eigenvalue weighted by Crippen LogP contribution is 2.43. The molecule has 5 aromatic rings. The third-order valence-electron chi connectivity index (χ3n) is 6.73. The van der Waals surface area contributed by atoms with E-state index in [9.17, 15) is 4.79 Å². The standard InChI is InChI=1S/C27H24N4O/c1-3-27(2)25-14-18-11-7-8-12-23(18)31(25)24-16-20-19(15-21(24)30-27)29-26(32)22(28-20)13-17-9-5-4-6-10-17/h4-12,14-16,30H,3,13H2,1-2H3,(H,29,32). The number of aromatic nitrogens is 3. The highest BCUT2D eigenvalue weighted by Gasteiger charge is 2.35. The lowest BCUT2D eigenvalue weighted by Gasteiger charge is -2.38. The molecule has 0 amide bonds. The summed E-state index contributed by atoms with van der Waals surface area (Å²) in [5.41, 5.74) is 7.28. The molecule has 0 fully saturated rings. The van der Waals surface area contributed by atoms with E-state index in [-0.39, 0.29) is 11.1 Å². The predicted molar refractivity (Wildman–Crippen MR) is 130 cm³/mol. The molecule has 158 valence electrons. The summed E-state index contributed by atoms with van der Waals surface area (Å²) in [4.78, 5) is 20.6. The third-order valence-corrected chi connectivity index (χ3v) is 6.73. The van der Waals surface area contributed by atoms with E-state index in [1.165, 1.54) is 16.6 Å². The molecule has 1 aliphatic rings. The molecule has 1 atom stereocenters. The van der Waals surface area contributed by atoms with Gasteiger partial charge in [0.25, 0.3) is 5.56 Å². The SMILES string of the molecule is CCC1(C)Nc2cc3[nH]c(=O)c(Cc4ccccc4)nc3cc2-n2c1cc1ccccc12. The maximum absolute atomic E-state index is 12.8. The summed E-state index contributed by atoms with van der Waals surface area (Å²) in [6.07, 6.45) is 1.44. The predicted octanol–water partition coefficient (Wildman–Crippen LogP) is 5.51. The van der Waals surface area contributed by atoms with Gasteiger partial charge in [0, 0.05) is 17.5 Å². The van der Waals surface area contributed by atoms with Crippen LogP contribution in [0.2, 0.25) is 0 Å². The summed E-state index contributed by atoms with van der Waals surface area (Å²) >= 11 is 0. The van der Waals surface area contributed by atoms with E-state index in [0.717, 1.165) is 34.4 Å². The zero-order chi connectivity index (χ0) is 21.9. The molecule has 3 heterocycles. The van der Waals surface area contributed by atoms with Gasteiger partial charge in [-0.1, -0.05) is 55.5 Å². The number of hydrogen-bond donors (Lipinski definition) is 2. The van der Waals surface area contributed by atoms with Gasteiger partial charge in [0.2, 0.25) is 0 Å². The van der Waals surface area contributed by atoms with Crippen LogP contribution in [0.15, 0.2) is 77.6 Å². The monoisotopic (exact) mass is 420 g/mol. The number of benzene rings is 3. The molecular formula is C27H24N4O. The quantitative estimate of drug-likeness (QED) is 0.405. The number of para-hydroxylation sites is 1. The van der Waals surface area contributed by atoms with Gasteiger partial charge in [0.1, 0.15) is 5.69 Å². The molecule has 0 radical (unpaired) electrons. The van der Waals surface area contributed by atoms with E-state index in [4.69, 9.17) is 4.98 Å². The van der Waals surface area contributed by atoms with E-state index in [0.29, 0.717) is 12.1 Å². The molecule has 5 heteroatoms. The molecule has 0 spiro atoms. The van der Waals surface area contributed by atoms with Crippen LogP contribution in [-0.2, 0) is 12.0 Å². The Morgan fingerprint density at radius 1 is 1.00 bits per heavy atom. The lowest BCUT2D eigenvalue weighted by Crippen LogP contribution is -2.37. The number of anilines is 1. The Morgan fingerprint density at radius 2 is 1.78 bits per heavy atom. The van der Waals surface area contributed by atoms with Gasteiger partial charge >= 0.3 is 0 Å². The van der Waals surface area contributed by atoms with Crippen LogP contribution < -0.4 is 10.9 Å². The van der Waals surface area contributed by atoms with E-state index in [2.05, 4.69) is 65.1 Å². The Balaban J connectivity index is 1.58. The fourth-order valence-corrected chi connectivity index (χ4v) is 4.81. The lowest BCUT2D eigenvalue weighted by atomic mass is 9.91. The third kappa shape index (κ3) is 2.78. The fraction of sp³-hybridized carbons (Fsp3) is 0.185. The Morgan fingerprint density at radius 3 is 2.59 bits per heavy atom. The van der Waals surface area contributed by atoms with Crippen molar-refractivity contribution in [3.8, 4) is 5.69 Å². The topological polar surface area (TPSA) is 62.7 Å². The molecule has 2 aromatic heterocycles. The van der Waals surface area contributed by atoms with Gasteiger partial charge in [-0.05, 0) is 43.2 Å². The van der Waals surface area contributed by atoms with Crippen LogP contribution in [0, 0.1) is 0 Å². The van der Waals surface area contributed by atoms with E-state index in [1.54, 1.807) is 0 Å². The van der Waals surface area contributed by atoms with E-state index in [1.807, 2.05) is 36.4 Å². The van der Waals surface area contributed by atoms with Gasteiger partial charge in [0.05, 0.1) is 33.5 Å². The van der Waals surface area contributed by atoms with Crippen molar-refractivity contribution in [2.24, 2.45) is 0 Å². The number of rotatable bonds is 3. The maximum atomic E-state index is 12.8. The molecule has 0 saturated heterocycles. The first kappa shape index (κ1) is 18.9. The van der Waals surface area contributed by atoms with Crippen LogP contribution in [0.5, 0.6) is 0 Å². The summed E-state index contributed by atoms with van der Waals surface area (Å²) in [6.45, 7) is 4.43. The van der Waals surface area contributed by atoms with Gasteiger partial charge in [-0.3, -0.25) is 4.79 Å². The molecule has 1 unspecified atom stereocenters. The highest BCUT2D eigenvalue weighted by molar-refractivity contribution is 5.91. The van der Waals surface area contributed by atoms with Crippen LogP contribution in [0.3, 0.4) is 0 Å². The number of H-pyrrole nitrogens is 1. The van der Waals surface area contributed by atoms with Crippen LogP contribution in [0.1, 0.15) is 37.2 Å². The summed E-state index contributed by atoms with van der Waals surface area (Å²) < 4.78 is 2.34. The highest BCUT2D eigenvalue weighted by atomic mass is 16.1. The van der Waals surface area contributed by atoms with Crippen molar-refractivity contribution in [1.29, 1.82) is 0 Å². The zero-order valence-electron chi connectivity index (χ0n) is 18.1. The number of nitrogens with zero attached hydrogens (tertiary/aromatic N) is 2. The van der Waals surface area contributed by atoms with Crippen LogP contribution in [0.25, 0.3) is 27.6 Å². The van der Waals surface area contributed by atoms with Crippen molar-refractivity contribution in [2.75, 3.05) is 5.32 Å². The van der Waals surface area contributed by atoms with Crippen LogP contribution in [-0.4, -0.2) is 14.5 Å². The van der Waals surface area contributed by atoms with E-state index < -0.39 is 0 Å². The van der Waals surface area contributed by atoms with Crippen LogP contribution >= 0.6 is 0 Å². The summed E-state index contributed by atoms with van der Waals surface area (Å²) in [5.74, 6) is 0. The van der Waals surface area contributed by atoms with Crippen molar-refractivity contribution in [3.63, 3.8) is 0 Å². The zero-order valence-corrected chi connectivity index (χ0v) is 18.1. The Bertz CT molecular complexity index is 1550. The number of nitrogens with one attached hydrogen (secondary N) is 2. The Kier molecular flexibility index (Phi) is 4.02. The smallest absolute Gasteiger partial charge is 0.270 e. The second kappa shape index (κ2) is 6.82. The molecule has 6 rings (SSSR count). The molecule has 0 saturated carbocycles. The molecular weight excluding hydrogens is 396 g/mol. The maximum Gasteiger partial charge on any atom is 0.270 e. The van der Waals surface area contributed by atoms with Gasteiger partial charge in [-0.25, -0.2) is 4.98 Å². The molecule has 0 aliphatic carbocycles. The van der Waals surface area contributed by atoms with Gasteiger partial charge in [-0.15, -0.1) is 0 Å². The van der Waals surface area contributed by atoms with Crippen molar-refractivity contribution in [2.45, 2.75) is 32.2 Å². The first-order valence-corrected chi connectivity index (χ1v) is 11.1. The normalized spacial score (nSPS) is 17.2. The minimum absolute atomic E-state index is 0.137. The minimum atomic E-state index is -0.208. The molecule has 1 aliphatic heterocycles. The first-order chi connectivity index (χ1) is 15.6. The van der Waals surface area contributed by atoms with E-state index >= 15 is 0 Å². The van der Waals surface area contributed by atoms with Gasteiger partial charge < -0.3 is 14.9 Å². The average Bonchev–Trinajstić information content (AvgIpc) is 3.21. The summed E-state index contributed by atoms with van der Waals surface area (Å²) in [5, 5.41) is 4.95. The molecule has 3 aromatic carbocycles. The fourth-order valence-electron chi connectivity index (χ4n) is 4.81. The van der Waals surface area contributed by atoms with Crippen molar-refractivity contribution < 1.29 is 0 Å². The second-order valence-corrected chi connectivity index (χ2v) is 8.80. The largest absolute Gasteiger partial charge is 0.373 e. The van der Waals surface area contributed by atoms with Crippen molar-refractivity contribution in [1.82, 2.24) is 14.5 Å². The number of fused-ring (bicyclic) bond motifs is 6. The van der Waals surface area contributed by atoms with Crippen molar-refractivity contribution in [3.05, 3.63) is 100 Å². The first-order valence-electron chi connectivity index (χ1n) is 11.1. The van der Waals surface area contributed by atoms with Crippen molar-refractivity contribution >= 4 is 27.6 Å². The van der Waals surface area contributed by atoms with Gasteiger partial charge in [-0.2, -0.15) is 0 Å².